The second kappa shape index (κ2) is 9.99. The van der Waals surface area contributed by atoms with Crippen molar-refractivity contribution in [2.45, 2.75) is 0 Å². The molecule has 0 spiro atoms. The molecular formula is C44H30N4S. The molecule has 0 bridgehead atoms. The second-order valence-electron chi connectivity index (χ2n) is 13.1. The largest absolute Gasteiger partial charge is 0.355 e. The molecule has 0 aliphatic carbocycles. The van der Waals surface area contributed by atoms with Crippen molar-refractivity contribution < 1.29 is 0 Å². The molecule has 1 aliphatic rings. The lowest BCUT2D eigenvalue weighted by Crippen LogP contribution is -2.23. The molecule has 3 aromatic heterocycles. The maximum Gasteiger partial charge on any atom is 0.0950 e. The summed E-state index contributed by atoms with van der Waals surface area (Å²) in [5.41, 5.74) is 10.9. The Balaban J connectivity index is 1.21. The van der Waals surface area contributed by atoms with E-state index in [4.69, 9.17) is 0 Å². The summed E-state index contributed by atoms with van der Waals surface area (Å²) in [6, 6.07) is 55.8. The van der Waals surface area contributed by atoms with Crippen molar-refractivity contribution in [1.82, 2.24) is 9.13 Å². The second-order valence-corrected chi connectivity index (χ2v) is 14.2. The first kappa shape index (κ1) is 27.0. The molecule has 232 valence electrons. The van der Waals surface area contributed by atoms with Crippen molar-refractivity contribution in [3.8, 4) is 11.4 Å². The Morgan fingerprint density at radius 1 is 0.449 bits per heavy atom. The van der Waals surface area contributed by atoms with Gasteiger partial charge in [0.05, 0.1) is 40.1 Å². The number of hydrogen-bond acceptors (Lipinski definition) is 3. The van der Waals surface area contributed by atoms with Gasteiger partial charge in [-0.05, 0) is 66.7 Å². The maximum absolute atomic E-state index is 2.49. The molecule has 0 fully saturated rings. The molecule has 0 saturated carbocycles. The molecule has 5 heteroatoms. The average molecular weight is 647 g/mol. The van der Waals surface area contributed by atoms with Gasteiger partial charge in [-0.3, -0.25) is 0 Å². The lowest BCUT2D eigenvalue weighted by Gasteiger charge is -2.20. The molecule has 7 aromatic carbocycles. The van der Waals surface area contributed by atoms with Crippen LogP contribution in [0, 0.1) is 0 Å². The Bertz CT molecular complexity index is 2950. The van der Waals surface area contributed by atoms with Crippen LogP contribution in [0.15, 0.2) is 152 Å². The highest BCUT2D eigenvalue weighted by Gasteiger charge is 2.25. The number of anilines is 3. The number of thiophene rings is 1. The van der Waals surface area contributed by atoms with Crippen LogP contribution < -0.4 is 9.80 Å². The number of benzene rings is 7. The molecule has 4 heterocycles. The number of para-hydroxylation sites is 4. The Labute approximate surface area is 286 Å². The van der Waals surface area contributed by atoms with Crippen LogP contribution in [-0.2, 0) is 0 Å². The first-order chi connectivity index (χ1) is 24.2. The van der Waals surface area contributed by atoms with Gasteiger partial charge in [0.1, 0.15) is 0 Å². The van der Waals surface area contributed by atoms with Crippen molar-refractivity contribution in [3.63, 3.8) is 0 Å². The Morgan fingerprint density at radius 2 is 1.08 bits per heavy atom. The van der Waals surface area contributed by atoms with E-state index >= 15 is 0 Å². The standard InChI is InChI=1S/C44H30N4S/c1-45-27-46(38-17-9-8-16-37(38)45)29-19-21-32-31-13-5-7-15-36(31)47(39(32)25-29)30-20-22-33-34-23-24-42-43(35-14-6-10-18-41(35)49-42)44(34)48(40(33)26-30)28-11-3-2-4-12-28/h2-26H,27H2,1H3. The van der Waals surface area contributed by atoms with Crippen molar-refractivity contribution in [3.05, 3.63) is 152 Å². The third kappa shape index (κ3) is 3.73. The predicted octanol–water partition coefficient (Wildman–Crippen LogP) is 11.8. The number of aromatic nitrogens is 2. The van der Waals surface area contributed by atoms with Gasteiger partial charge in [-0.25, -0.2) is 0 Å². The van der Waals surface area contributed by atoms with Gasteiger partial charge in [0.2, 0.25) is 0 Å². The van der Waals surface area contributed by atoms with Gasteiger partial charge >= 0.3 is 0 Å². The predicted molar refractivity (Wildman–Crippen MR) is 210 cm³/mol. The quantitative estimate of drug-likeness (QED) is 0.190. The Hall–Kier alpha value is -6.04. The molecule has 0 amide bonds. The monoisotopic (exact) mass is 646 g/mol. The molecule has 0 N–H and O–H groups in total. The van der Waals surface area contributed by atoms with E-state index in [0.29, 0.717) is 0 Å². The molecule has 11 rings (SSSR count). The molecule has 0 saturated heterocycles. The zero-order valence-corrected chi connectivity index (χ0v) is 27.7. The van der Waals surface area contributed by atoms with Crippen molar-refractivity contribution in [1.29, 1.82) is 0 Å². The van der Waals surface area contributed by atoms with Crippen LogP contribution in [0.1, 0.15) is 0 Å². The number of nitrogens with zero attached hydrogens (tertiary/aromatic N) is 4. The van der Waals surface area contributed by atoms with E-state index in [9.17, 15) is 0 Å². The molecule has 4 nitrogen and oxygen atoms in total. The minimum absolute atomic E-state index is 0.819. The van der Waals surface area contributed by atoms with Crippen LogP contribution in [0.25, 0.3) is 75.2 Å². The maximum atomic E-state index is 2.49. The third-order valence-electron chi connectivity index (χ3n) is 10.4. The molecule has 49 heavy (non-hydrogen) atoms. The van der Waals surface area contributed by atoms with E-state index in [1.165, 1.54) is 86.5 Å². The number of hydrogen-bond donors (Lipinski definition) is 0. The van der Waals surface area contributed by atoms with Gasteiger partial charge in [-0.2, -0.15) is 0 Å². The molecular weight excluding hydrogens is 617 g/mol. The fraction of sp³-hybridized carbons (Fsp3) is 0.0455. The van der Waals surface area contributed by atoms with Crippen LogP contribution >= 0.6 is 11.3 Å². The summed E-state index contributed by atoms with van der Waals surface area (Å²) in [5.74, 6) is 0. The van der Waals surface area contributed by atoms with Crippen molar-refractivity contribution in [2.24, 2.45) is 0 Å². The van der Waals surface area contributed by atoms with E-state index in [1.54, 1.807) is 0 Å². The molecule has 10 aromatic rings. The average Bonchev–Trinajstić information content (AvgIpc) is 3.89. The smallest absolute Gasteiger partial charge is 0.0950 e. The summed E-state index contributed by atoms with van der Waals surface area (Å²) < 4.78 is 7.59. The molecule has 0 unspecified atom stereocenters. The lowest BCUT2D eigenvalue weighted by molar-refractivity contribution is 0.950. The summed E-state index contributed by atoms with van der Waals surface area (Å²) in [7, 11) is 2.17. The van der Waals surface area contributed by atoms with E-state index in [0.717, 1.165) is 12.4 Å². The minimum atomic E-state index is 0.819. The molecule has 1 aliphatic heterocycles. The van der Waals surface area contributed by atoms with Gasteiger partial charge < -0.3 is 18.9 Å². The zero-order valence-electron chi connectivity index (χ0n) is 26.8. The van der Waals surface area contributed by atoms with E-state index < -0.39 is 0 Å². The van der Waals surface area contributed by atoms with Gasteiger partial charge in [-0.15, -0.1) is 11.3 Å². The van der Waals surface area contributed by atoms with Gasteiger partial charge in [0.25, 0.3) is 0 Å². The fourth-order valence-electron chi connectivity index (χ4n) is 8.29. The molecule has 0 radical (unpaired) electrons. The lowest BCUT2D eigenvalue weighted by atomic mass is 10.1. The van der Waals surface area contributed by atoms with Crippen molar-refractivity contribution >= 4 is 92.2 Å². The van der Waals surface area contributed by atoms with Crippen LogP contribution in [0.2, 0.25) is 0 Å². The Morgan fingerprint density at radius 3 is 1.96 bits per heavy atom. The van der Waals surface area contributed by atoms with E-state index in [2.05, 4.69) is 178 Å². The van der Waals surface area contributed by atoms with Gasteiger partial charge in [-0.1, -0.05) is 84.9 Å². The summed E-state index contributed by atoms with van der Waals surface area (Å²) in [6.07, 6.45) is 0. The number of rotatable bonds is 3. The van der Waals surface area contributed by atoms with Crippen LogP contribution in [0.5, 0.6) is 0 Å². The SMILES string of the molecule is CN1CN(c2ccc3c4ccccc4n(-c4ccc5c6ccc7sc8ccccc8c7c6n(-c6ccccc6)c5c4)c3c2)c2ccccc21. The topological polar surface area (TPSA) is 16.3 Å². The zero-order chi connectivity index (χ0) is 32.2. The first-order valence-corrected chi connectivity index (χ1v) is 17.6. The summed E-state index contributed by atoms with van der Waals surface area (Å²) >= 11 is 1.88. The highest BCUT2D eigenvalue weighted by molar-refractivity contribution is 7.26. The normalized spacial score (nSPS) is 13.2. The fourth-order valence-corrected chi connectivity index (χ4v) is 9.40. The van der Waals surface area contributed by atoms with Crippen molar-refractivity contribution in [2.75, 3.05) is 23.5 Å². The third-order valence-corrected chi connectivity index (χ3v) is 11.6. The molecule has 0 atom stereocenters. The summed E-state index contributed by atoms with van der Waals surface area (Å²) in [4.78, 5) is 4.74. The summed E-state index contributed by atoms with van der Waals surface area (Å²) in [5, 5.41) is 7.71. The highest BCUT2D eigenvalue weighted by atomic mass is 32.1. The van der Waals surface area contributed by atoms with E-state index in [-0.39, 0.29) is 0 Å². The van der Waals surface area contributed by atoms with Crippen LogP contribution in [0.4, 0.5) is 17.1 Å². The van der Waals surface area contributed by atoms with Gasteiger partial charge in [0.15, 0.2) is 0 Å². The van der Waals surface area contributed by atoms with Gasteiger partial charge in [0, 0.05) is 65.8 Å². The van der Waals surface area contributed by atoms with Crippen LogP contribution in [-0.4, -0.2) is 22.9 Å². The van der Waals surface area contributed by atoms with E-state index in [1.807, 2.05) is 11.3 Å². The first-order valence-electron chi connectivity index (χ1n) is 16.8. The number of fused-ring (bicyclic) bond motifs is 11. The Kier molecular flexibility index (Phi) is 5.50. The summed E-state index contributed by atoms with van der Waals surface area (Å²) in [6.45, 7) is 0.819. The highest BCUT2D eigenvalue weighted by Crippen LogP contribution is 2.45. The minimum Gasteiger partial charge on any atom is -0.355 e. The van der Waals surface area contributed by atoms with Crippen LogP contribution in [0.3, 0.4) is 0 Å².